The lowest BCUT2D eigenvalue weighted by molar-refractivity contribution is -0.659. The zero-order valence-electron chi connectivity index (χ0n) is 15.3. The highest BCUT2D eigenvalue weighted by Crippen LogP contribution is 2.31. The van der Waals surface area contributed by atoms with Gasteiger partial charge in [0.05, 0.1) is 18.9 Å². The third kappa shape index (κ3) is 2.25. The largest absolute Gasteiger partial charge is 0.238 e. The first-order valence-electron chi connectivity index (χ1n) is 8.23. The molecule has 2 heteroatoms. The molecule has 0 aliphatic rings. The van der Waals surface area contributed by atoms with Crippen LogP contribution in [-0.4, -0.2) is 0 Å². The van der Waals surface area contributed by atoms with E-state index >= 15 is 0 Å². The van der Waals surface area contributed by atoms with Crippen LogP contribution in [-0.2, 0) is 7.05 Å². The van der Waals surface area contributed by atoms with Gasteiger partial charge >= 0.3 is 0 Å². The maximum Gasteiger partial charge on any atom is 0.220 e. The highest BCUT2D eigenvalue weighted by molar-refractivity contribution is 5.95. The fourth-order valence-electron chi connectivity index (χ4n) is 2.90. The van der Waals surface area contributed by atoms with E-state index in [0.29, 0.717) is 11.1 Å². The molecule has 2 aromatic carbocycles. The lowest BCUT2D eigenvalue weighted by atomic mass is 9.94. The molecule has 0 radical (unpaired) electrons. The number of rotatable bonds is 1. The second kappa shape index (κ2) is 5.27. The first-order valence-corrected chi connectivity index (χ1v) is 7.23. The van der Waals surface area contributed by atoms with E-state index in [4.69, 9.17) is 9.31 Å². The van der Waals surface area contributed by atoms with Gasteiger partial charge in [-0.05, 0) is 49.4 Å². The Kier molecular flexibility index (Phi) is 2.86. The molecule has 0 aliphatic carbocycles. The summed E-state index contributed by atoms with van der Waals surface area (Å²) in [6.45, 7) is 13.4. The van der Waals surface area contributed by atoms with E-state index in [0.717, 1.165) is 16.6 Å². The summed E-state index contributed by atoms with van der Waals surface area (Å²) in [6, 6.07) is 9.82. The Labute approximate surface area is 134 Å². The molecule has 0 unspecified atom stereocenters. The van der Waals surface area contributed by atoms with E-state index in [9.17, 15) is 0 Å². The number of hydrogen-bond acceptors (Lipinski definition) is 0. The van der Waals surface area contributed by atoms with Crippen molar-refractivity contribution in [3.8, 4) is 11.3 Å². The minimum atomic E-state index is 0.151. The molecule has 22 heavy (non-hydrogen) atoms. The fourth-order valence-corrected chi connectivity index (χ4v) is 2.90. The molecular weight excluding hydrogens is 268 g/mol. The molecule has 0 spiro atoms. The van der Waals surface area contributed by atoms with Crippen molar-refractivity contribution in [3.05, 3.63) is 70.7 Å². The Morgan fingerprint density at radius 1 is 1.14 bits per heavy atom. The normalized spacial score (nSPS) is 12.0. The van der Waals surface area contributed by atoms with Crippen molar-refractivity contribution in [2.24, 2.45) is 7.05 Å². The molecule has 0 aliphatic heterocycles. The van der Waals surface area contributed by atoms with Gasteiger partial charge in [0.2, 0.25) is 5.69 Å². The van der Waals surface area contributed by atoms with Crippen LogP contribution in [0.15, 0.2) is 42.5 Å². The summed E-state index contributed by atoms with van der Waals surface area (Å²) in [7, 11) is 1.83. The second-order valence-electron chi connectivity index (χ2n) is 5.74. The fraction of sp³-hybridized carbons (Fsp3) is 0.200. The van der Waals surface area contributed by atoms with E-state index in [2.05, 4.69) is 37.7 Å². The highest BCUT2D eigenvalue weighted by Gasteiger charge is 2.18. The van der Waals surface area contributed by atoms with Gasteiger partial charge in [-0.3, -0.25) is 0 Å². The van der Waals surface area contributed by atoms with Crippen LogP contribution < -0.4 is 4.57 Å². The van der Waals surface area contributed by atoms with Crippen molar-refractivity contribution in [1.82, 2.24) is 0 Å². The number of pyridine rings is 1. The molecule has 1 aromatic heterocycles. The second-order valence-corrected chi connectivity index (χ2v) is 5.74. The molecule has 0 saturated carbocycles. The summed E-state index contributed by atoms with van der Waals surface area (Å²) in [4.78, 5) is 3.46. The quantitative estimate of drug-likeness (QED) is 0.449. The number of benzene rings is 2. The predicted molar refractivity (Wildman–Crippen MR) is 91.0 cm³/mol. The van der Waals surface area contributed by atoms with Gasteiger partial charge in [-0.25, -0.2) is 9.41 Å². The van der Waals surface area contributed by atoms with Crippen molar-refractivity contribution in [2.75, 3.05) is 0 Å². The molecule has 0 N–H and O–H groups in total. The minimum Gasteiger partial charge on any atom is -0.238 e. The van der Waals surface area contributed by atoms with Crippen LogP contribution in [0.3, 0.4) is 0 Å². The van der Waals surface area contributed by atoms with E-state index in [1.807, 2.05) is 13.1 Å². The Morgan fingerprint density at radius 3 is 2.64 bits per heavy atom. The van der Waals surface area contributed by atoms with Crippen LogP contribution in [0.2, 0.25) is 0 Å². The summed E-state index contributed by atoms with van der Waals surface area (Å²) in [6.07, 6.45) is 0.151. The van der Waals surface area contributed by atoms with Gasteiger partial charge in [0.15, 0.2) is 11.9 Å². The summed E-state index contributed by atoms with van der Waals surface area (Å²) in [5, 5.41) is 1.55. The lowest BCUT2D eigenvalue weighted by Crippen LogP contribution is -2.30. The molecule has 0 atom stereocenters. The van der Waals surface area contributed by atoms with Gasteiger partial charge in [0.1, 0.15) is 8.42 Å². The predicted octanol–water partition coefficient (Wildman–Crippen LogP) is 4.81. The average Bonchev–Trinajstić information content (AvgIpc) is 2.56. The molecule has 0 saturated heterocycles. The smallest absolute Gasteiger partial charge is 0.220 e. The topological polar surface area (TPSA) is 8.24 Å². The van der Waals surface area contributed by atoms with E-state index in [1.165, 1.54) is 16.7 Å². The Morgan fingerprint density at radius 2 is 1.91 bits per heavy atom. The molecule has 108 valence electrons. The Balaban J connectivity index is 2.52. The van der Waals surface area contributed by atoms with Crippen LogP contribution in [0.4, 0.5) is 5.69 Å². The molecule has 0 amide bonds. The first kappa shape index (κ1) is 11.9. The Bertz CT molecular complexity index is 1030. The van der Waals surface area contributed by atoms with Crippen molar-refractivity contribution in [2.45, 2.75) is 20.8 Å². The maximum atomic E-state index is 8.32. The standard InChI is InChI=1S/C20H19N2/c1-13-10-14(2)15(3)19(11-13)20-18-7-6-17(21-4)12-16(18)8-9-22(20)5/h6-12H,1-3,5H3/q+1/i8D,9D. The molecular formula is C20H19N2+. The number of hydrogen-bond donors (Lipinski definition) is 0. The summed E-state index contributed by atoms with van der Waals surface area (Å²) >= 11 is 0. The molecule has 0 bridgehead atoms. The number of aromatic nitrogens is 1. The van der Waals surface area contributed by atoms with Crippen LogP contribution in [0, 0.1) is 27.3 Å². The molecule has 2 nitrogen and oxygen atoms in total. The summed E-state index contributed by atoms with van der Waals surface area (Å²) in [5.41, 5.74) is 6.03. The Hall–Kier alpha value is -2.66. The lowest BCUT2D eigenvalue weighted by Gasteiger charge is -2.11. The number of fused-ring (bicyclic) bond motifs is 1. The van der Waals surface area contributed by atoms with Gasteiger partial charge in [0.25, 0.3) is 0 Å². The van der Waals surface area contributed by atoms with Gasteiger partial charge in [-0.15, -0.1) is 0 Å². The number of aryl methyl sites for hydroxylation is 2. The third-order valence-electron chi connectivity index (χ3n) is 4.15. The van der Waals surface area contributed by atoms with E-state index in [-0.39, 0.29) is 12.2 Å². The monoisotopic (exact) mass is 289 g/mol. The van der Waals surface area contributed by atoms with E-state index in [1.54, 1.807) is 16.7 Å². The molecule has 0 fully saturated rings. The third-order valence-corrected chi connectivity index (χ3v) is 4.15. The van der Waals surface area contributed by atoms with Crippen molar-refractivity contribution in [3.63, 3.8) is 0 Å². The average molecular weight is 289 g/mol. The van der Waals surface area contributed by atoms with Crippen molar-refractivity contribution in [1.29, 1.82) is 0 Å². The zero-order valence-corrected chi connectivity index (χ0v) is 13.3. The van der Waals surface area contributed by atoms with Crippen LogP contribution >= 0.6 is 0 Å². The zero-order chi connectivity index (χ0) is 17.6. The van der Waals surface area contributed by atoms with Gasteiger partial charge in [-0.2, -0.15) is 0 Å². The van der Waals surface area contributed by atoms with Crippen LogP contribution in [0.25, 0.3) is 26.9 Å². The van der Waals surface area contributed by atoms with Gasteiger partial charge < -0.3 is 0 Å². The molecule has 1 heterocycles. The van der Waals surface area contributed by atoms with E-state index < -0.39 is 0 Å². The van der Waals surface area contributed by atoms with Gasteiger partial charge in [0, 0.05) is 6.04 Å². The first-order chi connectivity index (χ1) is 11.3. The highest BCUT2D eigenvalue weighted by atomic mass is 14.9. The summed E-state index contributed by atoms with van der Waals surface area (Å²) < 4.78 is 18.4. The minimum absolute atomic E-state index is 0.151. The number of nitrogens with zero attached hydrogens (tertiary/aromatic N) is 2. The molecule has 3 rings (SSSR count). The van der Waals surface area contributed by atoms with Crippen LogP contribution in [0.1, 0.15) is 19.4 Å². The summed E-state index contributed by atoms with van der Waals surface area (Å²) in [5.74, 6) is 0. The van der Waals surface area contributed by atoms with Crippen molar-refractivity contribution < 1.29 is 7.31 Å². The van der Waals surface area contributed by atoms with Crippen LogP contribution in [0.5, 0.6) is 0 Å². The maximum absolute atomic E-state index is 8.32. The SMILES string of the molecule is [2H]c1c([2H])[n+](C)c(-c2cc(C)cc(C)c2C)c2ccc([N+]#[C-])cc12. The van der Waals surface area contributed by atoms with Gasteiger partial charge in [-0.1, -0.05) is 23.8 Å². The van der Waals surface area contributed by atoms with Crippen molar-refractivity contribution >= 4 is 16.5 Å². The molecule has 3 aromatic rings.